The molecule has 0 spiro atoms. The zero-order valence-corrected chi connectivity index (χ0v) is 9.73. The minimum Gasteiger partial charge on any atom is -0.504 e. The highest BCUT2D eigenvalue weighted by Gasteiger charge is 2.13. The summed E-state index contributed by atoms with van der Waals surface area (Å²) in [4.78, 5) is 11.4. The first kappa shape index (κ1) is 11.5. The van der Waals surface area contributed by atoms with E-state index in [9.17, 15) is 15.0 Å². The van der Waals surface area contributed by atoms with Crippen LogP contribution >= 0.6 is 0 Å². The molecule has 2 aromatic rings. The van der Waals surface area contributed by atoms with E-state index in [2.05, 4.69) is 0 Å². The Hall–Kier alpha value is -1.97. The lowest BCUT2D eigenvalue weighted by molar-refractivity contribution is 0.403. The molecule has 1 aromatic heterocycles. The Labute approximate surface area is 98.1 Å². The van der Waals surface area contributed by atoms with Gasteiger partial charge in [-0.25, -0.2) is 4.79 Å². The highest BCUT2D eigenvalue weighted by Crippen LogP contribution is 2.34. The molecular formula is C13H14O4. The van der Waals surface area contributed by atoms with Gasteiger partial charge in [-0.05, 0) is 24.0 Å². The van der Waals surface area contributed by atoms with Gasteiger partial charge < -0.3 is 14.6 Å². The van der Waals surface area contributed by atoms with Gasteiger partial charge in [0.2, 0.25) is 0 Å². The van der Waals surface area contributed by atoms with Gasteiger partial charge in [0.1, 0.15) is 5.58 Å². The molecule has 2 rings (SSSR count). The van der Waals surface area contributed by atoms with Gasteiger partial charge in [-0.15, -0.1) is 0 Å². The Kier molecular flexibility index (Phi) is 2.79. The van der Waals surface area contributed by atoms with Crippen molar-refractivity contribution >= 4 is 11.0 Å². The predicted octanol–water partition coefficient (Wildman–Crippen LogP) is 2.72. The van der Waals surface area contributed by atoms with Crippen LogP contribution in [0.15, 0.2) is 27.4 Å². The second-order valence-electron chi connectivity index (χ2n) is 4.17. The molecule has 0 fully saturated rings. The van der Waals surface area contributed by atoms with Crippen LogP contribution in [0.3, 0.4) is 0 Å². The van der Waals surface area contributed by atoms with E-state index in [1.165, 1.54) is 18.2 Å². The number of fused-ring (bicyclic) bond motifs is 1. The highest BCUT2D eigenvalue weighted by molar-refractivity contribution is 5.84. The standard InChI is InChI=1S/C13H14O4/c1-3-7(2)8-5-13(16)17-12-6-11(15)10(14)4-9(8)12/h4-7,14-15H,3H2,1-2H3. The Bertz CT molecular complexity index is 613. The van der Waals surface area contributed by atoms with Crippen LogP contribution in [0.1, 0.15) is 31.7 Å². The maximum atomic E-state index is 11.4. The van der Waals surface area contributed by atoms with Crippen molar-refractivity contribution in [3.63, 3.8) is 0 Å². The third-order valence-electron chi connectivity index (χ3n) is 3.01. The molecule has 1 atom stereocenters. The molecule has 0 amide bonds. The lowest BCUT2D eigenvalue weighted by Gasteiger charge is -2.11. The van der Waals surface area contributed by atoms with E-state index < -0.39 is 5.63 Å². The van der Waals surface area contributed by atoms with Crippen LogP contribution < -0.4 is 5.63 Å². The van der Waals surface area contributed by atoms with Crippen molar-refractivity contribution in [1.82, 2.24) is 0 Å². The molecule has 0 saturated carbocycles. The number of aromatic hydroxyl groups is 2. The Morgan fingerprint density at radius 3 is 2.53 bits per heavy atom. The van der Waals surface area contributed by atoms with E-state index in [1.807, 2.05) is 13.8 Å². The maximum Gasteiger partial charge on any atom is 0.336 e. The van der Waals surface area contributed by atoms with Crippen molar-refractivity contribution in [1.29, 1.82) is 0 Å². The predicted molar refractivity (Wildman–Crippen MR) is 64.5 cm³/mol. The summed E-state index contributed by atoms with van der Waals surface area (Å²) in [6.07, 6.45) is 0.875. The van der Waals surface area contributed by atoms with Crippen LogP contribution in [0, 0.1) is 0 Å². The van der Waals surface area contributed by atoms with Crippen molar-refractivity contribution in [2.45, 2.75) is 26.2 Å². The topological polar surface area (TPSA) is 70.7 Å². The third kappa shape index (κ3) is 1.98. The van der Waals surface area contributed by atoms with Gasteiger partial charge in [-0.1, -0.05) is 13.8 Å². The molecule has 4 nitrogen and oxygen atoms in total. The smallest absolute Gasteiger partial charge is 0.336 e. The molecule has 2 N–H and O–H groups in total. The maximum absolute atomic E-state index is 11.4. The van der Waals surface area contributed by atoms with Crippen LogP contribution in [0.25, 0.3) is 11.0 Å². The molecule has 1 aromatic carbocycles. The monoisotopic (exact) mass is 234 g/mol. The second-order valence-corrected chi connectivity index (χ2v) is 4.17. The number of phenols is 2. The van der Waals surface area contributed by atoms with Crippen molar-refractivity contribution in [2.24, 2.45) is 0 Å². The fourth-order valence-electron chi connectivity index (χ4n) is 1.84. The summed E-state index contributed by atoms with van der Waals surface area (Å²) < 4.78 is 5.01. The first-order valence-electron chi connectivity index (χ1n) is 5.52. The molecular weight excluding hydrogens is 220 g/mol. The highest BCUT2D eigenvalue weighted by atomic mass is 16.4. The lowest BCUT2D eigenvalue weighted by atomic mass is 9.95. The summed E-state index contributed by atoms with van der Waals surface area (Å²) in [5.74, 6) is -0.316. The fraction of sp³-hybridized carbons (Fsp3) is 0.308. The number of phenolic OH excluding ortho intramolecular Hbond substituents is 2. The summed E-state index contributed by atoms with van der Waals surface area (Å²) in [7, 11) is 0. The molecule has 1 heterocycles. The van der Waals surface area contributed by atoms with E-state index in [1.54, 1.807) is 0 Å². The first-order chi connectivity index (χ1) is 8.02. The summed E-state index contributed by atoms with van der Waals surface area (Å²) in [6.45, 7) is 4.02. The summed E-state index contributed by atoms with van der Waals surface area (Å²) >= 11 is 0. The largest absolute Gasteiger partial charge is 0.504 e. The van der Waals surface area contributed by atoms with E-state index in [-0.39, 0.29) is 17.4 Å². The Morgan fingerprint density at radius 2 is 1.88 bits per heavy atom. The molecule has 4 heteroatoms. The van der Waals surface area contributed by atoms with Crippen molar-refractivity contribution in [3.8, 4) is 11.5 Å². The van der Waals surface area contributed by atoms with Crippen molar-refractivity contribution in [2.75, 3.05) is 0 Å². The van der Waals surface area contributed by atoms with Gasteiger partial charge in [0, 0.05) is 17.5 Å². The average molecular weight is 234 g/mol. The molecule has 17 heavy (non-hydrogen) atoms. The van der Waals surface area contributed by atoms with Gasteiger partial charge in [-0.2, -0.15) is 0 Å². The van der Waals surface area contributed by atoms with Gasteiger partial charge in [0.15, 0.2) is 11.5 Å². The van der Waals surface area contributed by atoms with E-state index in [0.29, 0.717) is 11.0 Å². The lowest BCUT2D eigenvalue weighted by Crippen LogP contribution is -2.03. The number of rotatable bonds is 2. The normalized spacial score (nSPS) is 12.8. The van der Waals surface area contributed by atoms with Crippen LogP contribution in [-0.2, 0) is 0 Å². The molecule has 90 valence electrons. The summed E-state index contributed by atoms with van der Waals surface area (Å²) in [5.41, 5.74) is 0.676. The summed E-state index contributed by atoms with van der Waals surface area (Å²) in [6, 6.07) is 4.13. The molecule has 0 aliphatic heterocycles. The average Bonchev–Trinajstić information content (AvgIpc) is 2.29. The van der Waals surface area contributed by atoms with Gasteiger partial charge in [0.25, 0.3) is 0 Å². The van der Waals surface area contributed by atoms with Gasteiger partial charge >= 0.3 is 5.63 Å². The van der Waals surface area contributed by atoms with Crippen molar-refractivity contribution in [3.05, 3.63) is 34.2 Å². The zero-order chi connectivity index (χ0) is 12.6. The van der Waals surface area contributed by atoms with Gasteiger partial charge in [-0.3, -0.25) is 0 Å². The first-order valence-corrected chi connectivity index (χ1v) is 5.52. The van der Waals surface area contributed by atoms with Gasteiger partial charge in [0.05, 0.1) is 0 Å². The van der Waals surface area contributed by atoms with Crippen LogP contribution in [0.4, 0.5) is 0 Å². The minimum absolute atomic E-state index is 0.186. The second kappa shape index (κ2) is 4.13. The van der Waals surface area contributed by atoms with Crippen molar-refractivity contribution < 1.29 is 14.6 Å². The number of hydrogen-bond donors (Lipinski definition) is 2. The quantitative estimate of drug-likeness (QED) is 0.619. The Morgan fingerprint density at radius 1 is 1.24 bits per heavy atom. The van der Waals surface area contributed by atoms with E-state index >= 15 is 0 Å². The number of hydrogen-bond acceptors (Lipinski definition) is 4. The Balaban J connectivity index is 2.83. The molecule has 0 aliphatic carbocycles. The molecule has 0 bridgehead atoms. The van der Waals surface area contributed by atoms with Crippen LogP contribution in [-0.4, -0.2) is 10.2 Å². The molecule has 0 aliphatic rings. The number of benzene rings is 1. The minimum atomic E-state index is -0.446. The van der Waals surface area contributed by atoms with E-state index in [0.717, 1.165) is 12.0 Å². The third-order valence-corrected chi connectivity index (χ3v) is 3.01. The van der Waals surface area contributed by atoms with Crippen LogP contribution in [0.2, 0.25) is 0 Å². The van der Waals surface area contributed by atoms with Crippen LogP contribution in [0.5, 0.6) is 11.5 Å². The molecule has 0 radical (unpaired) electrons. The fourth-order valence-corrected chi connectivity index (χ4v) is 1.84. The summed E-state index contributed by atoms with van der Waals surface area (Å²) in [5, 5.41) is 19.5. The molecule has 1 unspecified atom stereocenters. The van der Waals surface area contributed by atoms with E-state index in [4.69, 9.17) is 4.42 Å². The SMILES string of the molecule is CCC(C)c1cc(=O)oc2cc(O)c(O)cc12. The zero-order valence-electron chi connectivity index (χ0n) is 9.73. The molecule has 0 saturated heterocycles.